The number of benzene rings is 1. The Balaban J connectivity index is 1.53. The van der Waals surface area contributed by atoms with E-state index in [1.807, 2.05) is 54.2 Å². The molecule has 1 atom stereocenters. The van der Waals surface area contributed by atoms with Crippen molar-refractivity contribution in [1.29, 1.82) is 0 Å². The smallest absolute Gasteiger partial charge is 0.227 e. The van der Waals surface area contributed by atoms with Crippen LogP contribution >= 0.6 is 0 Å². The largest absolute Gasteiger partial charge is 0.472 e. The molecule has 0 aliphatic carbocycles. The molecular formula is C19H21N3O2. The van der Waals surface area contributed by atoms with E-state index in [9.17, 15) is 4.79 Å². The van der Waals surface area contributed by atoms with Crippen LogP contribution in [0, 0.1) is 0 Å². The molecule has 0 unspecified atom stereocenters. The van der Waals surface area contributed by atoms with Crippen molar-refractivity contribution in [3.63, 3.8) is 0 Å². The third kappa shape index (κ3) is 3.74. The van der Waals surface area contributed by atoms with Gasteiger partial charge in [-0.05, 0) is 18.1 Å². The van der Waals surface area contributed by atoms with Crippen molar-refractivity contribution in [2.45, 2.75) is 25.8 Å². The number of carbonyl (C=O) groups excluding carboxylic acids is 1. The molecule has 0 radical (unpaired) electrons. The Bertz CT molecular complexity index is 763. The quantitative estimate of drug-likeness (QED) is 0.724. The Kier molecular flexibility index (Phi) is 5.11. The Morgan fingerprint density at radius 3 is 2.79 bits per heavy atom. The van der Waals surface area contributed by atoms with Crippen molar-refractivity contribution < 1.29 is 9.21 Å². The van der Waals surface area contributed by atoms with Gasteiger partial charge in [0.1, 0.15) is 0 Å². The molecule has 3 rings (SSSR count). The van der Waals surface area contributed by atoms with Crippen LogP contribution in [-0.4, -0.2) is 22.2 Å². The molecule has 1 N–H and O–H groups in total. The first-order chi connectivity index (χ1) is 11.8. The van der Waals surface area contributed by atoms with Crippen LogP contribution in [0.4, 0.5) is 0 Å². The van der Waals surface area contributed by atoms with Gasteiger partial charge in [0.15, 0.2) is 0 Å². The van der Waals surface area contributed by atoms with E-state index in [1.165, 1.54) is 0 Å². The molecule has 2 heterocycles. The van der Waals surface area contributed by atoms with E-state index in [0.717, 1.165) is 23.1 Å². The van der Waals surface area contributed by atoms with E-state index in [2.05, 4.69) is 10.4 Å². The topological polar surface area (TPSA) is 60.1 Å². The lowest BCUT2D eigenvalue weighted by atomic mass is 9.96. The van der Waals surface area contributed by atoms with Gasteiger partial charge in [0, 0.05) is 23.9 Å². The monoisotopic (exact) mass is 323 g/mol. The van der Waals surface area contributed by atoms with Crippen molar-refractivity contribution in [2.24, 2.45) is 0 Å². The zero-order valence-corrected chi connectivity index (χ0v) is 13.7. The number of nitrogens with one attached hydrogen (secondary N) is 1. The minimum atomic E-state index is -0.106. The van der Waals surface area contributed by atoms with Gasteiger partial charge in [-0.3, -0.25) is 9.48 Å². The molecule has 0 spiro atoms. The highest BCUT2D eigenvalue weighted by Crippen LogP contribution is 2.19. The lowest BCUT2D eigenvalue weighted by molar-refractivity contribution is -0.122. The van der Waals surface area contributed by atoms with Crippen molar-refractivity contribution >= 4 is 5.91 Å². The van der Waals surface area contributed by atoms with Gasteiger partial charge in [-0.2, -0.15) is 5.10 Å². The van der Waals surface area contributed by atoms with Gasteiger partial charge in [-0.1, -0.05) is 37.3 Å². The first-order valence-electron chi connectivity index (χ1n) is 8.15. The molecule has 5 heteroatoms. The molecule has 0 saturated carbocycles. The van der Waals surface area contributed by atoms with Crippen LogP contribution in [0.1, 0.15) is 24.8 Å². The summed E-state index contributed by atoms with van der Waals surface area (Å²) < 4.78 is 6.90. The number of hydrogen-bond acceptors (Lipinski definition) is 3. The van der Waals surface area contributed by atoms with Gasteiger partial charge in [-0.25, -0.2) is 0 Å². The fourth-order valence-electron chi connectivity index (χ4n) is 2.74. The second-order valence-corrected chi connectivity index (χ2v) is 5.67. The summed E-state index contributed by atoms with van der Waals surface area (Å²) in [6.07, 6.45) is 7.86. The van der Waals surface area contributed by atoms with Gasteiger partial charge < -0.3 is 9.73 Å². The van der Waals surface area contributed by atoms with Gasteiger partial charge in [-0.15, -0.1) is 0 Å². The average Bonchev–Trinajstić information content (AvgIpc) is 3.28. The Morgan fingerprint density at radius 2 is 2.08 bits per heavy atom. The molecular weight excluding hydrogens is 302 g/mol. The molecule has 1 aromatic carbocycles. The van der Waals surface area contributed by atoms with Crippen molar-refractivity contribution in [2.75, 3.05) is 6.54 Å². The van der Waals surface area contributed by atoms with Gasteiger partial charge in [0.2, 0.25) is 5.91 Å². The van der Waals surface area contributed by atoms with Gasteiger partial charge in [0.05, 0.1) is 31.2 Å². The SMILES string of the molecule is CC[C@H](C(=O)NCCn1cc(-c2ccoc2)cn1)c1ccccc1. The standard InChI is InChI=1S/C19H21N3O2/c1-2-18(15-6-4-3-5-7-15)19(23)20-9-10-22-13-17(12-21-22)16-8-11-24-14-16/h3-8,11-14,18H,2,9-10H2,1H3,(H,20,23)/t18-/m0/s1. The summed E-state index contributed by atoms with van der Waals surface area (Å²) in [7, 11) is 0. The number of hydrogen-bond donors (Lipinski definition) is 1. The molecule has 2 aromatic heterocycles. The Hall–Kier alpha value is -2.82. The van der Waals surface area contributed by atoms with Crippen LogP contribution in [0.25, 0.3) is 11.1 Å². The third-order valence-corrected chi connectivity index (χ3v) is 4.05. The highest BCUT2D eigenvalue weighted by atomic mass is 16.3. The van der Waals surface area contributed by atoms with E-state index in [0.29, 0.717) is 13.1 Å². The highest BCUT2D eigenvalue weighted by Gasteiger charge is 2.17. The van der Waals surface area contributed by atoms with E-state index >= 15 is 0 Å². The fourth-order valence-corrected chi connectivity index (χ4v) is 2.74. The van der Waals surface area contributed by atoms with E-state index in [4.69, 9.17) is 4.42 Å². The molecule has 0 aliphatic rings. The lowest BCUT2D eigenvalue weighted by Gasteiger charge is -2.15. The number of furan rings is 1. The van der Waals surface area contributed by atoms with Crippen molar-refractivity contribution in [3.8, 4) is 11.1 Å². The molecule has 0 saturated heterocycles. The van der Waals surface area contributed by atoms with Crippen LogP contribution in [0.3, 0.4) is 0 Å². The second kappa shape index (κ2) is 7.64. The highest BCUT2D eigenvalue weighted by molar-refractivity contribution is 5.83. The summed E-state index contributed by atoms with van der Waals surface area (Å²) in [5, 5.41) is 7.32. The predicted molar refractivity (Wildman–Crippen MR) is 92.4 cm³/mol. The maximum absolute atomic E-state index is 12.4. The first kappa shape index (κ1) is 16.1. The zero-order chi connectivity index (χ0) is 16.8. The van der Waals surface area contributed by atoms with Crippen LogP contribution in [0.5, 0.6) is 0 Å². The molecule has 3 aromatic rings. The summed E-state index contributed by atoms with van der Waals surface area (Å²) in [4.78, 5) is 12.4. The van der Waals surface area contributed by atoms with E-state index in [1.54, 1.807) is 18.7 Å². The van der Waals surface area contributed by atoms with Gasteiger partial charge in [0.25, 0.3) is 0 Å². The van der Waals surface area contributed by atoms with Crippen molar-refractivity contribution in [1.82, 2.24) is 15.1 Å². The number of amides is 1. The molecule has 24 heavy (non-hydrogen) atoms. The molecule has 5 nitrogen and oxygen atoms in total. The number of rotatable bonds is 7. The summed E-state index contributed by atoms with van der Waals surface area (Å²) in [5.74, 6) is -0.0452. The summed E-state index contributed by atoms with van der Waals surface area (Å²) in [5.41, 5.74) is 3.06. The van der Waals surface area contributed by atoms with E-state index in [-0.39, 0.29) is 11.8 Å². The summed E-state index contributed by atoms with van der Waals surface area (Å²) in [6.45, 7) is 3.21. The van der Waals surface area contributed by atoms with Crippen molar-refractivity contribution in [3.05, 3.63) is 66.9 Å². The first-order valence-corrected chi connectivity index (χ1v) is 8.15. The molecule has 0 fully saturated rings. The minimum absolute atomic E-state index is 0.0610. The van der Waals surface area contributed by atoms with Gasteiger partial charge >= 0.3 is 0 Å². The van der Waals surface area contributed by atoms with E-state index < -0.39 is 0 Å². The fraction of sp³-hybridized carbons (Fsp3) is 0.263. The summed E-state index contributed by atoms with van der Waals surface area (Å²) in [6, 6.07) is 11.8. The lowest BCUT2D eigenvalue weighted by Crippen LogP contribution is -2.31. The maximum atomic E-state index is 12.4. The number of carbonyl (C=O) groups is 1. The zero-order valence-electron chi connectivity index (χ0n) is 13.7. The second-order valence-electron chi connectivity index (χ2n) is 5.67. The number of nitrogens with zero attached hydrogens (tertiary/aromatic N) is 2. The van der Waals surface area contributed by atoms with Crippen LogP contribution in [0.2, 0.25) is 0 Å². The normalized spacial score (nSPS) is 12.0. The maximum Gasteiger partial charge on any atom is 0.227 e. The predicted octanol–water partition coefficient (Wildman–Crippen LogP) is 3.45. The molecule has 124 valence electrons. The van der Waals surface area contributed by atoms with Crippen LogP contribution < -0.4 is 5.32 Å². The summed E-state index contributed by atoms with van der Waals surface area (Å²) >= 11 is 0. The number of aromatic nitrogens is 2. The Morgan fingerprint density at radius 1 is 1.25 bits per heavy atom. The van der Waals surface area contributed by atoms with Crippen LogP contribution in [0.15, 0.2) is 65.7 Å². The van der Waals surface area contributed by atoms with Crippen LogP contribution in [-0.2, 0) is 11.3 Å². The minimum Gasteiger partial charge on any atom is -0.472 e. The Labute approximate surface area is 141 Å². The molecule has 0 bridgehead atoms. The molecule has 1 amide bonds. The third-order valence-electron chi connectivity index (χ3n) is 4.05. The molecule has 0 aliphatic heterocycles. The average molecular weight is 323 g/mol.